The molecular weight excluding hydrogens is 333 g/mol. The van der Waals surface area contributed by atoms with Gasteiger partial charge in [-0.05, 0) is 48.7 Å². The van der Waals surface area contributed by atoms with E-state index in [0.717, 1.165) is 11.1 Å². The molecule has 26 heavy (non-hydrogen) atoms. The summed E-state index contributed by atoms with van der Waals surface area (Å²) in [4.78, 5) is 4.42. The van der Waals surface area contributed by atoms with Gasteiger partial charge in [0.15, 0.2) is 5.96 Å². The number of benzene rings is 2. The van der Waals surface area contributed by atoms with E-state index in [-0.39, 0.29) is 12.4 Å². The lowest BCUT2D eigenvalue weighted by Crippen LogP contribution is -2.38. The van der Waals surface area contributed by atoms with Gasteiger partial charge in [-0.1, -0.05) is 24.3 Å². The zero-order valence-electron chi connectivity index (χ0n) is 15.2. The molecule has 0 aliphatic heterocycles. The monoisotopic (exact) mass is 359 g/mol. The fourth-order valence-corrected chi connectivity index (χ4v) is 2.49. The molecule has 0 fully saturated rings. The molecule has 140 valence electrons. The Morgan fingerprint density at radius 3 is 2.73 bits per heavy atom. The van der Waals surface area contributed by atoms with E-state index in [0.29, 0.717) is 31.2 Å². The van der Waals surface area contributed by atoms with Crippen LogP contribution in [0.15, 0.2) is 53.5 Å². The largest absolute Gasteiger partial charge is 0.497 e. The SMILES string of the molecule is CCNC(=NCC(O)c1cccc(OC)c1)NCCc1cccc(F)c1. The van der Waals surface area contributed by atoms with Crippen LogP contribution in [0.2, 0.25) is 0 Å². The number of hydrogen-bond acceptors (Lipinski definition) is 3. The topological polar surface area (TPSA) is 65.9 Å². The second-order valence-electron chi connectivity index (χ2n) is 5.82. The number of rotatable bonds is 8. The highest BCUT2D eigenvalue weighted by molar-refractivity contribution is 5.79. The zero-order chi connectivity index (χ0) is 18.8. The third-order valence-electron chi connectivity index (χ3n) is 3.84. The Bertz CT molecular complexity index is 722. The molecule has 0 radical (unpaired) electrons. The maximum absolute atomic E-state index is 13.2. The summed E-state index contributed by atoms with van der Waals surface area (Å²) in [5.74, 6) is 1.08. The summed E-state index contributed by atoms with van der Waals surface area (Å²) in [6, 6.07) is 13.9. The van der Waals surface area contributed by atoms with Crippen molar-refractivity contribution in [2.24, 2.45) is 4.99 Å². The Hall–Kier alpha value is -2.60. The van der Waals surface area contributed by atoms with Gasteiger partial charge in [0, 0.05) is 13.1 Å². The Labute approximate surface area is 153 Å². The van der Waals surface area contributed by atoms with E-state index >= 15 is 0 Å². The van der Waals surface area contributed by atoms with Gasteiger partial charge in [0.1, 0.15) is 11.6 Å². The second kappa shape index (κ2) is 10.4. The van der Waals surface area contributed by atoms with Crippen molar-refractivity contribution in [1.29, 1.82) is 0 Å². The Balaban J connectivity index is 1.90. The van der Waals surface area contributed by atoms with Gasteiger partial charge in [0.05, 0.1) is 19.8 Å². The Morgan fingerprint density at radius 2 is 2.00 bits per heavy atom. The van der Waals surface area contributed by atoms with Crippen LogP contribution in [0, 0.1) is 5.82 Å². The third-order valence-corrected chi connectivity index (χ3v) is 3.84. The van der Waals surface area contributed by atoms with E-state index in [4.69, 9.17) is 4.74 Å². The predicted molar refractivity (Wildman–Crippen MR) is 102 cm³/mol. The van der Waals surface area contributed by atoms with Gasteiger partial charge in [-0.2, -0.15) is 0 Å². The van der Waals surface area contributed by atoms with Crippen LogP contribution >= 0.6 is 0 Å². The zero-order valence-corrected chi connectivity index (χ0v) is 15.2. The molecule has 0 saturated heterocycles. The summed E-state index contributed by atoms with van der Waals surface area (Å²) in [6.45, 7) is 3.52. The number of guanidine groups is 1. The summed E-state index contributed by atoms with van der Waals surface area (Å²) in [6.07, 6.45) is -0.0376. The van der Waals surface area contributed by atoms with E-state index < -0.39 is 6.10 Å². The van der Waals surface area contributed by atoms with Crippen LogP contribution in [-0.2, 0) is 6.42 Å². The quantitative estimate of drug-likeness (QED) is 0.501. The van der Waals surface area contributed by atoms with E-state index in [2.05, 4.69) is 15.6 Å². The molecule has 3 N–H and O–H groups in total. The van der Waals surface area contributed by atoms with Crippen LogP contribution in [0.25, 0.3) is 0 Å². The molecule has 0 aromatic heterocycles. The molecule has 0 aliphatic carbocycles. The molecule has 5 nitrogen and oxygen atoms in total. The number of ether oxygens (including phenoxy) is 1. The number of aliphatic hydroxyl groups excluding tert-OH is 1. The molecule has 1 unspecified atom stereocenters. The lowest BCUT2D eigenvalue weighted by molar-refractivity contribution is 0.186. The van der Waals surface area contributed by atoms with Crippen molar-refractivity contribution >= 4 is 5.96 Å². The van der Waals surface area contributed by atoms with E-state index in [1.165, 1.54) is 12.1 Å². The maximum atomic E-state index is 13.2. The van der Waals surface area contributed by atoms with Gasteiger partial charge in [0.25, 0.3) is 0 Å². The summed E-state index contributed by atoms with van der Waals surface area (Å²) in [5.41, 5.74) is 1.67. The number of nitrogens with zero attached hydrogens (tertiary/aromatic N) is 1. The minimum Gasteiger partial charge on any atom is -0.497 e. The van der Waals surface area contributed by atoms with E-state index in [1.54, 1.807) is 19.2 Å². The first-order valence-electron chi connectivity index (χ1n) is 8.71. The van der Waals surface area contributed by atoms with Crippen molar-refractivity contribution in [2.45, 2.75) is 19.4 Å². The number of hydrogen-bond donors (Lipinski definition) is 3. The van der Waals surface area contributed by atoms with Crippen LogP contribution in [0.3, 0.4) is 0 Å². The number of halogens is 1. The number of aliphatic hydroxyl groups is 1. The fourth-order valence-electron chi connectivity index (χ4n) is 2.49. The third kappa shape index (κ3) is 6.37. The molecule has 2 aromatic rings. The molecular formula is C20H26FN3O2. The van der Waals surface area contributed by atoms with Gasteiger partial charge in [-0.15, -0.1) is 0 Å². The molecule has 0 heterocycles. The van der Waals surface area contributed by atoms with Crippen LogP contribution < -0.4 is 15.4 Å². The highest BCUT2D eigenvalue weighted by atomic mass is 19.1. The minimum absolute atomic E-state index is 0.225. The van der Waals surface area contributed by atoms with Gasteiger partial charge >= 0.3 is 0 Å². The van der Waals surface area contributed by atoms with E-state index in [9.17, 15) is 9.50 Å². The van der Waals surface area contributed by atoms with Crippen LogP contribution in [-0.4, -0.2) is 37.8 Å². The summed E-state index contributed by atoms with van der Waals surface area (Å²) in [5, 5.41) is 16.7. The molecule has 6 heteroatoms. The predicted octanol–water partition coefficient (Wildman–Crippen LogP) is 2.67. The van der Waals surface area contributed by atoms with Crippen LogP contribution in [0.1, 0.15) is 24.2 Å². The standard InChI is InChI=1S/C20H26FN3O2/c1-3-22-20(23-11-10-15-6-4-8-17(21)12-15)24-14-19(25)16-7-5-9-18(13-16)26-2/h4-9,12-13,19,25H,3,10-11,14H2,1-2H3,(H2,22,23,24). The first kappa shape index (κ1) is 19.7. The first-order chi connectivity index (χ1) is 12.6. The molecule has 2 aromatic carbocycles. The van der Waals surface area contributed by atoms with E-state index in [1.807, 2.05) is 31.2 Å². The molecule has 1 atom stereocenters. The first-order valence-corrected chi connectivity index (χ1v) is 8.71. The summed E-state index contributed by atoms with van der Waals surface area (Å²) in [7, 11) is 1.59. The lowest BCUT2D eigenvalue weighted by Gasteiger charge is -2.14. The fraction of sp³-hybridized carbons (Fsp3) is 0.350. The minimum atomic E-state index is -0.719. The summed E-state index contributed by atoms with van der Waals surface area (Å²) < 4.78 is 18.4. The number of aliphatic imine (C=N–C) groups is 1. The maximum Gasteiger partial charge on any atom is 0.191 e. The average Bonchev–Trinajstić information content (AvgIpc) is 2.66. The molecule has 0 saturated carbocycles. The average molecular weight is 359 g/mol. The molecule has 0 spiro atoms. The molecule has 0 bridgehead atoms. The summed E-state index contributed by atoms with van der Waals surface area (Å²) >= 11 is 0. The van der Waals surface area contributed by atoms with Crippen molar-refractivity contribution in [1.82, 2.24) is 10.6 Å². The van der Waals surface area contributed by atoms with Crippen molar-refractivity contribution in [3.63, 3.8) is 0 Å². The highest BCUT2D eigenvalue weighted by Crippen LogP contribution is 2.19. The van der Waals surface area contributed by atoms with Crippen LogP contribution in [0.4, 0.5) is 4.39 Å². The van der Waals surface area contributed by atoms with Crippen molar-refractivity contribution in [3.8, 4) is 5.75 Å². The highest BCUT2D eigenvalue weighted by Gasteiger charge is 2.08. The van der Waals surface area contributed by atoms with Crippen molar-refractivity contribution in [2.75, 3.05) is 26.7 Å². The molecule has 0 aliphatic rings. The smallest absolute Gasteiger partial charge is 0.191 e. The normalized spacial score (nSPS) is 12.5. The second-order valence-corrected chi connectivity index (χ2v) is 5.82. The van der Waals surface area contributed by atoms with Crippen molar-refractivity contribution < 1.29 is 14.2 Å². The van der Waals surface area contributed by atoms with Crippen molar-refractivity contribution in [3.05, 3.63) is 65.5 Å². The Morgan fingerprint density at radius 1 is 1.19 bits per heavy atom. The van der Waals surface area contributed by atoms with Gasteiger partial charge in [-0.3, -0.25) is 4.99 Å². The van der Waals surface area contributed by atoms with Gasteiger partial charge < -0.3 is 20.5 Å². The van der Waals surface area contributed by atoms with Gasteiger partial charge in [0.2, 0.25) is 0 Å². The Kier molecular flexibility index (Phi) is 7.89. The van der Waals surface area contributed by atoms with Crippen LogP contribution in [0.5, 0.6) is 5.75 Å². The number of nitrogens with one attached hydrogen (secondary N) is 2. The van der Waals surface area contributed by atoms with Gasteiger partial charge in [-0.25, -0.2) is 4.39 Å². The lowest BCUT2D eigenvalue weighted by atomic mass is 10.1. The molecule has 0 amide bonds. The number of methoxy groups -OCH3 is 1. The molecule has 2 rings (SSSR count).